The Bertz CT molecular complexity index is 1150. The first-order valence-corrected chi connectivity index (χ1v) is 13.6. The number of rotatable bonds is 12. The molecule has 0 radical (unpaired) electrons. The number of aliphatic hydroxyl groups excluding tert-OH is 1. The van der Waals surface area contributed by atoms with E-state index in [0.29, 0.717) is 24.7 Å². The lowest BCUT2D eigenvalue weighted by Gasteiger charge is -2.39. The highest BCUT2D eigenvalue weighted by molar-refractivity contribution is 7.99. The van der Waals surface area contributed by atoms with E-state index >= 15 is 0 Å². The van der Waals surface area contributed by atoms with Gasteiger partial charge >= 0.3 is 5.97 Å². The zero-order valence-electron chi connectivity index (χ0n) is 21.0. The number of pyridine rings is 1. The van der Waals surface area contributed by atoms with Crippen molar-refractivity contribution in [3.63, 3.8) is 0 Å². The molecule has 0 saturated carbocycles. The zero-order valence-corrected chi connectivity index (χ0v) is 21.9. The molecule has 1 aromatic carbocycles. The minimum atomic E-state index is -0.741. The van der Waals surface area contributed by atoms with Crippen LogP contribution in [0.4, 0.5) is 0 Å². The van der Waals surface area contributed by atoms with Crippen LogP contribution in [0, 0.1) is 11.8 Å². The van der Waals surface area contributed by atoms with E-state index in [1.165, 1.54) is 0 Å². The summed E-state index contributed by atoms with van der Waals surface area (Å²) in [6, 6.07) is 7.60. The smallest absolute Gasteiger partial charge is 0.303 e. The first kappa shape index (κ1) is 26.4. The van der Waals surface area contributed by atoms with Gasteiger partial charge in [-0.2, -0.15) is 0 Å². The summed E-state index contributed by atoms with van der Waals surface area (Å²) in [4.78, 5) is 22.4. The third-order valence-electron chi connectivity index (χ3n) is 7.29. The molecular formula is C27H36N4O4S. The maximum absolute atomic E-state index is 11.3. The maximum Gasteiger partial charge on any atom is 0.303 e. The number of hydrogen-bond acceptors (Lipinski definition) is 7. The minimum Gasteiger partial charge on any atom is -0.497 e. The van der Waals surface area contributed by atoms with Gasteiger partial charge in [-0.05, 0) is 73.9 Å². The molecule has 0 bridgehead atoms. The van der Waals surface area contributed by atoms with Crippen LogP contribution in [0.5, 0.6) is 5.75 Å². The van der Waals surface area contributed by atoms with Crippen LogP contribution < -0.4 is 4.74 Å². The molecule has 1 aliphatic rings. The zero-order chi connectivity index (χ0) is 25.5. The number of benzene rings is 1. The summed E-state index contributed by atoms with van der Waals surface area (Å²) in [6.07, 6.45) is 8.25. The van der Waals surface area contributed by atoms with Crippen molar-refractivity contribution < 1.29 is 19.7 Å². The van der Waals surface area contributed by atoms with Gasteiger partial charge in [-0.15, -0.1) is 11.8 Å². The highest BCUT2D eigenvalue weighted by Crippen LogP contribution is 2.35. The first-order valence-electron chi connectivity index (χ1n) is 12.6. The summed E-state index contributed by atoms with van der Waals surface area (Å²) in [7, 11) is 3.64. The Morgan fingerprint density at radius 2 is 2.14 bits per heavy atom. The number of nitrogens with zero attached hydrogens (tertiary/aromatic N) is 4. The average Bonchev–Trinajstić information content (AvgIpc) is 3.30. The van der Waals surface area contributed by atoms with E-state index in [4.69, 9.17) is 4.74 Å². The van der Waals surface area contributed by atoms with Crippen molar-refractivity contribution in [3.8, 4) is 5.75 Å². The van der Waals surface area contributed by atoms with Crippen LogP contribution in [-0.4, -0.2) is 68.1 Å². The summed E-state index contributed by atoms with van der Waals surface area (Å²) in [5.41, 5.74) is 1.70. The Balaban J connectivity index is 1.36. The predicted molar refractivity (Wildman–Crippen MR) is 141 cm³/mol. The Labute approximate surface area is 216 Å². The van der Waals surface area contributed by atoms with Gasteiger partial charge in [0.25, 0.3) is 0 Å². The number of methoxy groups -OCH3 is 1. The molecule has 2 N–H and O–H groups in total. The number of likely N-dealkylation sites (tertiary alicyclic amines) is 1. The van der Waals surface area contributed by atoms with Crippen molar-refractivity contribution in [2.45, 2.75) is 43.2 Å². The number of carbonyl (C=O) groups is 1. The quantitative estimate of drug-likeness (QED) is 0.345. The number of aliphatic hydroxyl groups is 1. The predicted octanol–water partition coefficient (Wildman–Crippen LogP) is 4.39. The second-order valence-corrected chi connectivity index (χ2v) is 10.7. The van der Waals surface area contributed by atoms with Gasteiger partial charge in [-0.1, -0.05) is 0 Å². The molecule has 9 heteroatoms. The molecule has 4 rings (SSSR count). The molecule has 1 fully saturated rings. The van der Waals surface area contributed by atoms with Crippen molar-refractivity contribution in [2.75, 3.05) is 32.5 Å². The molecule has 194 valence electrons. The normalized spacial score (nSPS) is 19.4. The summed E-state index contributed by atoms with van der Waals surface area (Å²) >= 11 is 1.80. The molecule has 0 spiro atoms. The van der Waals surface area contributed by atoms with E-state index in [1.807, 2.05) is 48.4 Å². The van der Waals surface area contributed by atoms with Crippen molar-refractivity contribution in [1.82, 2.24) is 19.4 Å². The molecule has 36 heavy (non-hydrogen) atoms. The fourth-order valence-corrected chi connectivity index (χ4v) is 6.17. The van der Waals surface area contributed by atoms with Gasteiger partial charge in [0, 0.05) is 43.9 Å². The highest BCUT2D eigenvalue weighted by atomic mass is 32.2. The average molecular weight is 513 g/mol. The second-order valence-electron chi connectivity index (χ2n) is 9.61. The van der Waals surface area contributed by atoms with Gasteiger partial charge in [0.15, 0.2) is 0 Å². The summed E-state index contributed by atoms with van der Waals surface area (Å²) < 4.78 is 7.40. The van der Waals surface area contributed by atoms with Gasteiger partial charge in [0.05, 0.1) is 36.3 Å². The number of aromatic nitrogens is 3. The number of piperidine rings is 1. The molecule has 3 heterocycles. The number of hydrogen-bond donors (Lipinski definition) is 2. The van der Waals surface area contributed by atoms with E-state index in [-0.39, 0.29) is 6.42 Å². The van der Waals surface area contributed by atoms with Crippen LogP contribution in [0.25, 0.3) is 10.9 Å². The molecule has 1 saturated heterocycles. The van der Waals surface area contributed by atoms with Crippen molar-refractivity contribution in [2.24, 2.45) is 18.9 Å². The topological polar surface area (TPSA) is 101 Å². The van der Waals surface area contributed by atoms with E-state index < -0.39 is 12.1 Å². The number of thioether (sulfide) groups is 1. The third kappa shape index (κ3) is 6.78. The van der Waals surface area contributed by atoms with Gasteiger partial charge < -0.3 is 24.4 Å². The first-order chi connectivity index (χ1) is 17.4. The van der Waals surface area contributed by atoms with Gasteiger partial charge in [0.2, 0.25) is 0 Å². The largest absolute Gasteiger partial charge is 0.497 e. The van der Waals surface area contributed by atoms with Crippen molar-refractivity contribution in [3.05, 3.63) is 48.5 Å². The van der Waals surface area contributed by atoms with E-state index in [1.54, 1.807) is 25.1 Å². The van der Waals surface area contributed by atoms with E-state index in [0.717, 1.165) is 65.5 Å². The SMILES string of the molecule is COc1ccc2nccc([C@@H](O)CCC3CCN(CCSc4cncn4C)CC3CCC(=O)O)c2c1. The lowest BCUT2D eigenvalue weighted by Crippen LogP contribution is -2.41. The molecule has 2 aromatic heterocycles. The summed E-state index contributed by atoms with van der Waals surface area (Å²) in [5.74, 6) is 1.70. The van der Waals surface area contributed by atoms with E-state index in [9.17, 15) is 15.0 Å². The fourth-order valence-electron chi connectivity index (χ4n) is 5.23. The molecule has 0 amide bonds. The maximum atomic E-state index is 11.3. The number of aliphatic carboxylic acids is 1. The lowest BCUT2D eigenvalue weighted by molar-refractivity contribution is -0.137. The molecule has 3 aromatic rings. The summed E-state index contributed by atoms with van der Waals surface area (Å²) in [6.45, 7) is 2.89. The Morgan fingerprint density at radius 3 is 2.89 bits per heavy atom. The van der Waals surface area contributed by atoms with Crippen molar-refractivity contribution in [1.29, 1.82) is 0 Å². The van der Waals surface area contributed by atoms with Crippen LogP contribution in [-0.2, 0) is 11.8 Å². The lowest BCUT2D eigenvalue weighted by atomic mass is 9.79. The number of aryl methyl sites for hydroxylation is 1. The Hall–Kier alpha value is -2.62. The number of ether oxygens (including phenoxy) is 1. The van der Waals surface area contributed by atoms with Crippen LogP contribution in [0.1, 0.15) is 43.8 Å². The van der Waals surface area contributed by atoms with Crippen LogP contribution in [0.2, 0.25) is 0 Å². The van der Waals surface area contributed by atoms with Crippen LogP contribution in [0.3, 0.4) is 0 Å². The molecule has 3 atom stereocenters. The highest BCUT2D eigenvalue weighted by Gasteiger charge is 2.30. The van der Waals surface area contributed by atoms with E-state index in [2.05, 4.69) is 14.9 Å². The van der Waals surface area contributed by atoms with Crippen LogP contribution >= 0.6 is 11.8 Å². The number of imidazole rings is 1. The number of fused-ring (bicyclic) bond motifs is 1. The van der Waals surface area contributed by atoms with Crippen molar-refractivity contribution >= 4 is 28.6 Å². The standard InChI is InChI=1S/C27H36N4O4S/c1-30-18-28-16-26(30)36-14-13-31-12-10-19(20(17-31)4-8-27(33)34)3-7-25(32)22-9-11-29-24-6-5-21(35-2)15-23(22)24/h5-6,9,11,15-16,18-20,25,32H,3-4,7-8,10,12-14,17H2,1-2H3,(H,33,34)/t19?,20?,25-/m0/s1. The molecule has 8 nitrogen and oxygen atoms in total. The molecular weight excluding hydrogens is 476 g/mol. The second kappa shape index (κ2) is 12.6. The number of carboxylic acid groups (broad SMARTS) is 1. The van der Waals surface area contributed by atoms with Gasteiger partial charge in [-0.3, -0.25) is 9.78 Å². The Kier molecular flexibility index (Phi) is 9.23. The Morgan fingerprint density at radius 1 is 1.28 bits per heavy atom. The molecule has 1 aliphatic heterocycles. The fraction of sp³-hybridized carbons (Fsp3) is 0.519. The van der Waals surface area contributed by atoms with Crippen LogP contribution in [0.15, 0.2) is 48.0 Å². The molecule has 0 aliphatic carbocycles. The minimum absolute atomic E-state index is 0.191. The molecule has 2 unspecified atom stereocenters. The number of carboxylic acids is 1. The monoisotopic (exact) mass is 512 g/mol. The third-order valence-corrected chi connectivity index (χ3v) is 8.36. The van der Waals surface area contributed by atoms with Gasteiger partial charge in [0.1, 0.15) is 5.75 Å². The van der Waals surface area contributed by atoms with Gasteiger partial charge in [-0.25, -0.2) is 4.98 Å². The summed E-state index contributed by atoms with van der Waals surface area (Å²) in [5, 5.41) is 22.5.